The van der Waals surface area contributed by atoms with Crippen molar-refractivity contribution >= 4 is 16.9 Å². The Hall–Kier alpha value is -3.16. The van der Waals surface area contributed by atoms with E-state index in [1.54, 1.807) is 6.07 Å². The maximum absolute atomic E-state index is 12.1. The molecule has 3 aromatic rings. The van der Waals surface area contributed by atoms with Gasteiger partial charge in [-0.1, -0.05) is 30.3 Å². The molecule has 1 atom stereocenters. The normalized spacial score (nSPS) is 14.7. The predicted octanol–water partition coefficient (Wildman–Crippen LogP) is 1.47. The SMILES string of the molecule is CC(=O)On1c(=O)ccc2c(C(O)CNC3Cc4ccccc4C3)ccc(O)c21. The molecular formula is C22H22N2O5. The second-order valence-corrected chi connectivity index (χ2v) is 7.28. The van der Waals surface area contributed by atoms with Gasteiger partial charge in [0, 0.05) is 31.0 Å². The number of aliphatic hydroxyl groups is 1. The lowest BCUT2D eigenvalue weighted by Gasteiger charge is -2.19. The lowest BCUT2D eigenvalue weighted by atomic mass is 10.0. The van der Waals surface area contributed by atoms with Crippen LogP contribution in [0.4, 0.5) is 0 Å². The number of benzene rings is 2. The van der Waals surface area contributed by atoms with Gasteiger partial charge in [-0.25, -0.2) is 4.79 Å². The molecular weight excluding hydrogens is 372 g/mol. The van der Waals surface area contributed by atoms with Crippen molar-refractivity contribution in [2.45, 2.75) is 31.9 Å². The highest BCUT2D eigenvalue weighted by molar-refractivity contribution is 5.88. The van der Waals surface area contributed by atoms with E-state index in [1.165, 1.54) is 36.2 Å². The summed E-state index contributed by atoms with van der Waals surface area (Å²) in [5, 5.41) is 24.9. The van der Waals surface area contributed by atoms with Crippen molar-refractivity contribution in [1.29, 1.82) is 0 Å². The minimum atomic E-state index is -0.870. The molecule has 0 saturated heterocycles. The van der Waals surface area contributed by atoms with Crippen LogP contribution in [0, 0.1) is 0 Å². The topological polar surface area (TPSA) is 101 Å². The summed E-state index contributed by atoms with van der Waals surface area (Å²) >= 11 is 0. The number of carbonyl (C=O) groups is 1. The second-order valence-electron chi connectivity index (χ2n) is 7.28. The lowest BCUT2D eigenvalue weighted by molar-refractivity contribution is -0.141. The summed E-state index contributed by atoms with van der Waals surface area (Å²) in [5.41, 5.74) is 2.63. The highest BCUT2D eigenvalue weighted by atomic mass is 16.7. The zero-order chi connectivity index (χ0) is 20.5. The fourth-order valence-corrected chi connectivity index (χ4v) is 3.93. The molecule has 1 aliphatic rings. The zero-order valence-electron chi connectivity index (χ0n) is 16.0. The van der Waals surface area contributed by atoms with Crippen LogP contribution in [0.3, 0.4) is 0 Å². The standard InChI is InChI=1S/C22H22N2O5/c1-13(25)29-24-21(28)9-7-18-17(6-8-19(26)22(18)24)20(27)12-23-16-10-14-4-2-3-5-15(14)11-16/h2-9,16,20,23,26-27H,10-12H2,1H3. The summed E-state index contributed by atoms with van der Waals surface area (Å²) in [5.74, 6) is -0.901. The van der Waals surface area contributed by atoms with Crippen LogP contribution >= 0.6 is 0 Å². The molecule has 7 heteroatoms. The van der Waals surface area contributed by atoms with Crippen LogP contribution < -0.4 is 15.7 Å². The Balaban J connectivity index is 1.58. The molecule has 0 spiro atoms. The molecule has 7 nitrogen and oxygen atoms in total. The van der Waals surface area contributed by atoms with Crippen LogP contribution in [0.25, 0.3) is 10.9 Å². The molecule has 1 aromatic heterocycles. The Morgan fingerprint density at radius 2 is 1.86 bits per heavy atom. The van der Waals surface area contributed by atoms with Gasteiger partial charge in [-0.2, -0.15) is 0 Å². The van der Waals surface area contributed by atoms with Gasteiger partial charge < -0.3 is 20.4 Å². The van der Waals surface area contributed by atoms with Crippen molar-refractivity contribution in [2.75, 3.05) is 6.54 Å². The predicted molar refractivity (Wildman–Crippen MR) is 108 cm³/mol. The number of aromatic hydroxyl groups is 1. The molecule has 2 aromatic carbocycles. The number of hydrogen-bond acceptors (Lipinski definition) is 6. The van der Waals surface area contributed by atoms with E-state index in [0.717, 1.165) is 17.6 Å². The average molecular weight is 394 g/mol. The molecule has 29 heavy (non-hydrogen) atoms. The summed E-state index contributed by atoms with van der Waals surface area (Å²) in [6.45, 7) is 1.48. The van der Waals surface area contributed by atoms with E-state index in [9.17, 15) is 19.8 Å². The molecule has 0 saturated carbocycles. The third kappa shape index (κ3) is 3.74. The molecule has 0 aliphatic heterocycles. The van der Waals surface area contributed by atoms with Crippen molar-refractivity contribution < 1.29 is 19.8 Å². The van der Waals surface area contributed by atoms with Crippen molar-refractivity contribution in [3.05, 3.63) is 75.6 Å². The molecule has 3 N–H and O–H groups in total. The first-order valence-electron chi connectivity index (χ1n) is 9.49. The molecule has 1 heterocycles. The summed E-state index contributed by atoms with van der Waals surface area (Å²) in [4.78, 5) is 28.4. The molecule has 1 unspecified atom stereocenters. The number of aliphatic hydroxyl groups excluding tert-OH is 1. The fraction of sp³-hybridized carbons (Fsp3) is 0.273. The van der Waals surface area contributed by atoms with E-state index < -0.39 is 17.6 Å². The van der Waals surface area contributed by atoms with Gasteiger partial charge in [0.05, 0.1) is 6.10 Å². The van der Waals surface area contributed by atoms with E-state index in [4.69, 9.17) is 4.84 Å². The van der Waals surface area contributed by atoms with Crippen molar-refractivity contribution in [1.82, 2.24) is 10.0 Å². The summed E-state index contributed by atoms with van der Waals surface area (Å²) in [7, 11) is 0. The Bertz CT molecular complexity index is 1110. The number of fused-ring (bicyclic) bond motifs is 2. The second kappa shape index (κ2) is 7.69. The van der Waals surface area contributed by atoms with Crippen LogP contribution in [0.1, 0.15) is 29.7 Å². The van der Waals surface area contributed by atoms with Crippen molar-refractivity contribution in [3.8, 4) is 5.75 Å². The van der Waals surface area contributed by atoms with Gasteiger partial charge in [0.1, 0.15) is 11.3 Å². The fourth-order valence-electron chi connectivity index (χ4n) is 3.93. The van der Waals surface area contributed by atoms with Gasteiger partial charge in [0.25, 0.3) is 5.56 Å². The Labute approximate surface area is 167 Å². The number of phenols is 1. The molecule has 150 valence electrons. The van der Waals surface area contributed by atoms with Crippen LogP contribution in [-0.2, 0) is 17.6 Å². The third-order valence-electron chi connectivity index (χ3n) is 5.26. The largest absolute Gasteiger partial charge is 0.506 e. The molecule has 1 aliphatic carbocycles. The lowest BCUT2D eigenvalue weighted by Crippen LogP contribution is -2.33. The van der Waals surface area contributed by atoms with Gasteiger partial charge in [0.15, 0.2) is 0 Å². The summed E-state index contributed by atoms with van der Waals surface area (Å²) < 4.78 is 0.754. The van der Waals surface area contributed by atoms with Crippen LogP contribution in [-0.4, -0.2) is 33.5 Å². The number of hydrogen-bond donors (Lipinski definition) is 3. The Kier molecular flexibility index (Phi) is 5.08. The van der Waals surface area contributed by atoms with Crippen LogP contribution in [0.5, 0.6) is 5.75 Å². The minimum absolute atomic E-state index is 0.0533. The van der Waals surface area contributed by atoms with Gasteiger partial charge in [0.2, 0.25) is 0 Å². The number of nitrogens with zero attached hydrogens (tertiary/aromatic N) is 1. The van der Waals surface area contributed by atoms with Crippen molar-refractivity contribution in [3.63, 3.8) is 0 Å². The van der Waals surface area contributed by atoms with Crippen molar-refractivity contribution in [2.24, 2.45) is 0 Å². The molecule has 0 fully saturated rings. The van der Waals surface area contributed by atoms with Gasteiger partial charge >= 0.3 is 5.97 Å². The number of phenolic OH excluding ortho intramolecular Hbond substituents is 1. The van der Waals surface area contributed by atoms with Gasteiger partial charge in [-0.15, -0.1) is 4.73 Å². The van der Waals surface area contributed by atoms with Crippen LogP contribution in [0.15, 0.2) is 53.3 Å². The minimum Gasteiger partial charge on any atom is -0.506 e. The molecule has 4 rings (SSSR count). The smallest absolute Gasteiger partial charge is 0.330 e. The molecule has 0 amide bonds. The molecule has 0 bridgehead atoms. The van der Waals surface area contributed by atoms with Gasteiger partial charge in [-0.05, 0) is 41.7 Å². The number of aromatic nitrogens is 1. The summed E-state index contributed by atoms with van der Waals surface area (Å²) in [6, 6.07) is 14.3. The third-order valence-corrected chi connectivity index (χ3v) is 5.26. The zero-order valence-corrected chi connectivity index (χ0v) is 16.0. The highest BCUT2D eigenvalue weighted by Crippen LogP contribution is 2.30. The summed E-state index contributed by atoms with van der Waals surface area (Å²) in [6.07, 6.45) is 0.946. The maximum Gasteiger partial charge on any atom is 0.330 e. The first-order chi connectivity index (χ1) is 13.9. The Morgan fingerprint density at radius 3 is 2.52 bits per heavy atom. The highest BCUT2D eigenvalue weighted by Gasteiger charge is 2.23. The van der Waals surface area contributed by atoms with E-state index >= 15 is 0 Å². The first-order valence-corrected chi connectivity index (χ1v) is 9.49. The number of pyridine rings is 1. The number of carbonyl (C=O) groups excluding carboxylic acids is 1. The number of nitrogens with one attached hydrogen (secondary N) is 1. The maximum atomic E-state index is 12.1. The van der Waals surface area contributed by atoms with Gasteiger partial charge in [-0.3, -0.25) is 4.79 Å². The van der Waals surface area contributed by atoms with E-state index in [0.29, 0.717) is 17.5 Å². The van der Waals surface area contributed by atoms with E-state index in [2.05, 4.69) is 17.4 Å². The van der Waals surface area contributed by atoms with E-state index in [-0.39, 0.29) is 17.3 Å². The monoisotopic (exact) mass is 394 g/mol. The molecule has 0 radical (unpaired) electrons. The average Bonchev–Trinajstić information content (AvgIpc) is 3.11. The first kappa shape index (κ1) is 19.2. The Morgan fingerprint density at radius 1 is 1.17 bits per heavy atom. The number of rotatable bonds is 5. The van der Waals surface area contributed by atoms with Crippen LogP contribution in [0.2, 0.25) is 0 Å². The quantitative estimate of drug-likeness (QED) is 0.606. The van der Waals surface area contributed by atoms with E-state index in [1.807, 2.05) is 12.1 Å².